The first-order valence-corrected chi connectivity index (χ1v) is 7.05. The van der Waals surface area contributed by atoms with E-state index in [1.165, 1.54) is 29.4 Å². The second kappa shape index (κ2) is 6.11. The number of nitrogens with zero attached hydrogens (tertiary/aromatic N) is 2. The molecule has 110 valence electrons. The molecule has 21 heavy (non-hydrogen) atoms. The minimum absolute atomic E-state index is 0.148. The van der Waals surface area contributed by atoms with E-state index in [1.807, 2.05) is 0 Å². The number of phenols is 1. The fourth-order valence-corrected chi connectivity index (χ4v) is 2.94. The molecule has 0 saturated heterocycles. The molecule has 1 amide bonds. The van der Waals surface area contributed by atoms with Crippen molar-refractivity contribution in [1.29, 1.82) is 0 Å². The molecular weight excluding hydrogens is 316 g/mol. The zero-order chi connectivity index (χ0) is 15.6. The summed E-state index contributed by atoms with van der Waals surface area (Å²) in [5.41, 5.74) is -0.487. The summed E-state index contributed by atoms with van der Waals surface area (Å²) >= 11 is 7.15. The fraction of sp³-hybridized carbons (Fsp3) is 0.154. The number of carbonyl (C=O) groups is 1. The minimum atomic E-state index is -0.650. The molecule has 0 atom stereocenters. The highest BCUT2D eigenvalue weighted by atomic mass is 35.5. The minimum Gasteiger partial charge on any atom is -0.508 e. The zero-order valence-corrected chi connectivity index (χ0v) is 12.5. The molecule has 0 unspecified atom stereocenters. The Morgan fingerprint density at radius 3 is 2.71 bits per heavy atom. The van der Waals surface area contributed by atoms with Gasteiger partial charge in [-0.3, -0.25) is 14.9 Å². The standard InChI is InChI=1S/C13H11ClN2O4S/c1-15(7-9-3-5-12(14)21-9)13(18)10-6-8(17)2-4-11(10)16(19)20/h2-6,17H,7H2,1H3. The molecule has 0 radical (unpaired) electrons. The molecule has 0 aliphatic rings. The van der Waals surface area contributed by atoms with Crippen LogP contribution in [0.3, 0.4) is 0 Å². The van der Waals surface area contributed by atoms with Crippen molar-refractivity contribution < 1.29 is 14.8 Å². The van der Waals surface area contributed by atoms with Crippen molar-refractivity contribution in [3.63, 3.8) is 0 Å². The van der Waals surface area contributed by atoms with Gasteiger partial charge in [0.2, 0.25) is 0 Å². The van der Waals surface area contributed by atoms with Crippen LogP contribution in [0, 0.1) is 10.1 Å². The molecular formula is C13H11ClN2O4S. The van der Waals surface area contributed by atoms with Crippen molar-refractivity contribution in [2.45, 2.75) is 6.54 Å². The Balaban J connectivity index is 2.26. The number of carbonyl (C=O) groups excluding carboxylic acids is 1. The van der Waals surface area contributed by atoms with Crippen LogP contribution in [0.4, 0.5) is 5.69 Å². The van der Waals surface area contributed by atoms with Crippen LogP contribution in [0.1, 0.15) is 15.2 Å². The molecule has 1 heterocycles. The topological polar surface area (TPSA) is 83.7 Å². The highest BCUT2D eigenvalue weighted by molar-refractivity contribution is 7.16. The number of nitro benzene ring substituents is 1. The van der Waals surface area contributed by atoms with E-state index in [9.17, 15) is 20.0 Å². The maximum absolute atomic E-state index is 12.3. The summed E-state index contributed by atoms with van der Waals surface area (Å²) in [5, 5.41) is 20.4. The summed E-state index contributed by atoms with van der Waals surface area (Å²) in [6.07, 6.45) is 0. The maximum Gasteiger partial charge on any atom is 0.282 e. The quantitative estimate of drug-likeness (QED) is 0.690. The van der Waals surface area contributed by atoms with Gasteiger partial charge in [0.1, 0.15) is 11.3 Å². The van der Waals surface area contributed by atoms with Crippen molar-refractivity contribution >= 4 is 34.5 Å². The Hall–Kier alpha value is -2.12. The smallest absolute Gasteiger partial charge is 0.282 e. The Morgan fingerprint density at radius 1 is 1.43 bits per heavy atom. The van der Waals surface area contributed by atoms with Crippen LogP contribution in [0.5, 0.6) is 5.75 Å². The van der Waals surface area contributed by atoms with Gasteiger partial charge in [0.15, 0.2) is 0 Å². The van der Waals surface area contributed by atoms with Gasteiger partial charge in [-0.1, -0.05) is 11.6 Å². The van der Waals surface area contributed by atoms with Crippen molar-refractivity contribution in [2.24, 2.45) is 0 Å². The average Bonchev–Trinajstić information content (AvgIpc) is 2.82. The predicted molar refractivity (Wildman–Crippen MR) is 79.9 cm³/mol. The second-order valence-corrected chi connectivity index (χ2v) is 6.13. The lowest BCUT2D eigenvalue weighted by Gasteiger charge is -2.16. The molecule has 0 bridgehead atoms. The third kappa shape index (κ3) is 3.50. The molecule has 0 saturated carbocycles. The average molecular weight is 327 g/mol. The van der Waals surface area contributed by atoms with Gasteiger partial charge >= 0.3 is 0 Å². The SMILES string of the molecule is CN(Cc1ccc(Cl)s1)C(=O)c1cc(O)ccc1[N+](=O)[O-]. The number of phenolic OH excluding ortho intramolecular Hbond substituents is 1. The van der Waals surface area contributed by atoms with Crippen molar-refractivity contribution in [3.05, 3.63) is 55.2 Å². The van der Waals surface area contributed by atoms with E-state index in [2.05, 4.69) is 0 Å². The van der Waals surface area contributed by atoms with E-state index < -0.39 is 10.8 Å². The van der Waals surface area contributed by atoms with Gasteiger partial charge in [0.25, 0.3) is 11.6 Å². The van der Waals surface area contributed by atoms with Crippen LogP contribution < -0.4 is 0 Å². The fourth-order valence-electron chi connectivity index (χ4n) is 1.80. The lowest BCUT2D eigenvalue weighted by Crippen LogP contribution is -2.26. The summed E-state index contributed by atoms with van der Waals surface area (Å²) < 4.78 is 0.606. The molecule has 0 aliphatic carbocycles. The van der Waals surface area contributed by atoms with E-state index in [-0.39, 0.29) is 23.5 Å². The number of benzene rings is 1. The van der Waals surface area contributed by atoms with Gasteiger partial charge < -0.3 is 10.0 Å². The molecule has 6 nitrogen and oxygen atoms in total. The van der Waals surface area contributed by atoms with Crippen LogP contribution in [0.15, 0.2) is 30.3 Å². The van der Waals surface area contributed by atoms with E-state index in [1.54, 1.807) is 12.1 Å². The molecule has 1 aromatic carbocycles. The molecule has 2 aromatic rings. The Bertz CT molecular complexity index is 701. The Labute approximate surface area is 129 Å². The largest absolute Gasteiger partial charge is 0.508 e. The van der Waals surface area contributed by atoms with Gasteiger partial charge in [0, 0.05) is 18.0 Å². The first-order chi connectivity index (χ1) is 9.88. The lowest BCUT2D eigenvalue weighted by atomic mass is 10.1. The van der Waals surface area contributed by atoms with Crippen molar-refractivity contribution in [1.82, 2.24) is 4.90 Å². The third-order valence-corrected chi connectivity index (χ3v) is 3.99. The Kier molecular flexibility index (Phi) is 4.44. The summed E-state index contributed by atoms with van der Waals surface area (Å²) in [6.45, 7) is 0.281. The first-order valence-electron chi connectivity index (χ1n) is 5.85. The molecule has 1 aromatic heterocycles. The van der Waals surface area contributed by atoms with Crippen LogP contribution in [-0.2, 0) is 6.54 Å². The van der Waals surface area contributed by atoms with Gasteiger partial charge in [0.05, 0.1) is 15.8 Å². The summed E-state index contributed by atoms with van der Waals surface area (Å²) in [7, 11) is 1.53. The summed E-state index contributed by atoms with van der Waals surface area (Å²) in [4.78, 5) is 24.8. The molecule has 8 heteroatoms. The molecule has 2 rings (SSSR count). The van der Waals surface area contributed by atoms with Crippen molar-refractivity contribution in [2.75, 3.05) is 7.05 Å². The van der Waals surface area contributed by atoms with Gasteiger partial charge in [-0.05, 0) is 24.3 Å². The van der Waals surface area contributed by atoms with E-state index in [0.29, 0.717) is 4.34 Å². The first kappa shape index (κ1) is 15.3. The number of hydrogen-bond acceptors (Lipinski definition) is 5. The Morgan fingerprint density at radius 2 is 2.14 bits per heavy atom. The predicted octanol–water partition coefficient (Wildman–Crippen LogP) is 3.29. The van der Waals surface area contributed by atoms with E-state index >= 15 is 0 Å². The van der Waals surface area contributed by atoms with Gasteiger partial charge in [-0.15, -0.1) is 11.3 Å². The number of nitro groups is 1. The number of hydrogen-bond donors (Lipinski definition) is 1. The van der Waals surface area contributed by atoms with Crippen molar-refractivity contribution in [3.8, 4) is 5.75 Å². The third-order valence-electron chi connectivity index (χ3n) is 2.78. The zero-order valence-electron chi connectivity index (χ0n) is 10.9. The number of amides is 1. The lowest BCUT2D eigenvalue weighted by molar-refractivity contribution is -0.385. The summed E-state index contributed by atoms with van der Waals surface area (Å²) in [5.74, 6) is -0.737. The number of thiophene rings is 1. The van der Waals surface area contributed by atoms with Crippen LogP contribution in [0.25, 0.3) is 0 Å². The van der Waals surface area contributed by atoms with Crippen LogP contribution >= 0.6 is 22.9 Å². The molecule has 1 N–H and O–H groups in total. The van der Waals surface area contributed by atoms with Gasteiger partial charge in [-0.25, -0.2) is 0 Å². The maximum atomic E-state index is 12.3. The molecule has 0 aliphatic heterocycles. The number of halogens is 1. The molecule has 0 fully saturated rings. The van der Waals surface area contributed by atoms with E-state index in [0.717, 1.165) is 17.0 Å². The van der Waals surface area contributed by atoms with Gasteiger partial charge in [-0.2, -0.15) is 0 Å². The normalized spacial score (nSPS) is 10.4. The molecule has 0 spiro atoms. The van der Waals surface area contributed by atoms with E-state index in [4.69, 9.17) is 11.6 Å². The number of aromatic hydroxyl groups is 1. The van der Waals surface area contributed by atoms with Crippen LogP contribution in [-0.4, -0.2) is 27.9 Å². The highest BCUT2D eigenvalue weighted by Crippen LogP contribution is 2.26. The second-order valence-electron chi connectivity index (χ2n) is 4.33. The highest BCUT2D eigenvalue weighted by Gasteiger charge is 2.23. The monoisotopic (exact) mass is 326 g/mol. The summed E-state index contributed by atoms with van der Waals surface area (Å²) in [6, 6.07) is 6.88. The van der Waals surface area contributed by atoms with Crippen LogP contribution in [0.2, 0.25) is 4.34 Å². The number of rotatable bonds is 4.